The molecule has 0 aliphatic rings. The maximum absolute atomic E-state index is 12.4. The van der Waals surface area contributed by atoms with Gasteiger partial charge in [-0.3, -0.25) is 9.59 Å². The fraction of sp³-hybridized carbons (Fsp3) is 0.444. The number of esters is 1. The average molecular weight is 282 g/mol. The van der Waals surface area contributed by atoms with Crippen molar-refractivity contribution in [2.75, 3.05) is 7.11 Å². The Balaban J connectivity index is 3.01. The highest BCUT2D eigenvalue weighted by molar-refractivity contribution is 8.00. The van der Waals surface area contributed by atoms with Crippen molar-refractivity contribution in [3.8, 4) is 0 Å². The van der Waals surface area contributed by atoms with Crippen LogP contribution in [-0.2, 0) is 15.7 Å². The van der Waals surface area contributed by atoms with Crippen LogP contribution >= 0.6 is 11.8 Å². The summed E-state index contributed by atoms with van der Waals surface area (Å²) in [5.41, 5.74) is -2.23. The van der Waals surface area contributed by atoms with Gasteiger partial charge in [-0.1, -0.05) is 11.8 Å². The summed E-state index contributed by atoms with van der Waals surface area (Å²) in [7, 11) is 1.15. The van der Waals surface area contributed by atoms with Gasteiger partial charge in [-0.05, 0) is 6.92 Å². The lowest BCUT2D eigenvalue weighted by molar-refractivity contribution is -0.141. The molecule has 0 fully saturated rings. The van der Waals surface area contributed by atoms with Crippen LogP contribution in [0.3, 0.4) is 0 Å². The molecule has 100 valence electrons. The molecule has 5 nitrogen and oxygen atoms in total. The first kappa shape index (κ1) is 14.6. The third kappa shape index (κ3) is 3.76. The smallest absolute Gasteiger partial charge is 0.433 e. The van der Waals surface area contributed by atoms with Gasteiger partial charge in [0.05, 0.1) is 7.11 Å². The highest BCUT2D eigenvalue weighted by atomic mass is 32.2. The molecule has 1 N–H and O–H groups in total. The second kappa shape index (κ2) is 5.42. The fourth-order valence-corrected chi connectivity index (χ4v) is 1.86. The van der Waals surface area contributed by atoms with Crippen molar-refractivity contribution < 1.29 is 22.7 Å². The molecule has 0 spiro atoms. The number of alkyl halides is 3. The van der Waals surface area contributed by atoms with Crippen LogP contribution in [0.15, 0.2) is 16.0 Å². The van der Waals surface area contributed by atoms with Crippen LogP contribution < -0.4 is 5.56 Å². The molecule has 1 unspecified atom stereocenters. The lowest BCUT2D eigenvalue weighted by Crippen LogP contribution is -2.19. The van der Waals surface area contributed by atoms with Crippen molar-refractivity contribution in [3.63, 3.8) is 0 Å². The maximum Gasteiger partial charge on any atom is 0.433 e. The quantitative estimate of drug-likeness (QED) is 0.516. The highest BCUT2D eigenvalue weighted by Crippen LogP contribution is 2.28. The minimum Gasteiger partial charge on any atom is -0.468 e. The molecule has 1 heterocycles. The van der Waals surface area contributed by atoms with Gasteiger partial charge in [0.2, 0.25) is 0 Å². The van der Waals surface area contributed by atoms with Gasteiger partial charge in [0, 0.05) is 6.07 Å². The predicted molar refractivity (Wildman–Crippen MR) is 57.2 cm³/mol. The van der Waals surface area contributed by atoms with Crippen molar-refractivity contribution in [1.29, 1.82) is 0 Å². The highest BCUT2D eigenvalue weighted by Gasteiger charge is 2.33. The van der Waals surface area contributed by atoms with Crippen molar-refractivity contribution >= 4 is 17.7 Å². The summed E-state index contributed by atoms with van der Waals surface area (Å²) in [6.07, 6.45) is -4.71. The minimum atomic E-state index is -4.71. The number of rotatable bonds is 3. The molecule has 0 aliphatic carbocycles. The number of ether oxygens (including phenoxy) is 1. The zero-order valence-corrected chi connectivity index (χ0v) is 10.2. The van der Waals surface area contributed by atoms with Crippen LogP contribution in [-0.4, -0.2) is 28.3 Å². The van der Waals surface area contributed by atoms with Gasteiger partial charge >= 0.3 is 12.1 Å². The Kier molecular flexibility index (Phi) is 4.38. The summed E-state index contributed by atoms with van der Waals surface area (Å²) in [5.74, 6) is -0.625. The van der Waals surface area contributed by atoms with Crippen LogP contribution in [0, 0.1) is 0 Å². The number of aromatic nitrogens is 2. The molecule has 0 aliphatic heterocycles. The molecule has 0 amide bonds. The van der Waals surface area contributed by atoms with Crippen LogP contribution in [0.2, 0.25) is 0 Å². The van der Waals surface area contributed by atoms with Gasteiger partial charge in [0.15, 0.2) is 10.9 Å². The lowest BCUT2D eigenvalue weighted by Gasteiger charge is -2.09. The number of thioether (sulfide) groups is 1. The van der Waals surface area contributed by atoms with E-state index in [1.807, 2.05) is 0 Å². The summed E-state index contributed by atoms with van der Waals surface area (Å²) in [5, 5.41) is -1.06. The summed E-state index contributed by atoms with van der Waals surface area (Å²) >= 11 is 0.679. The topological polar surface area (TPSA) is 72.0 Å². The van der Waals surface area contributed by atoms with Gasteiger partial charge in [0.25, 0.3) is 5.56 Å². The third-order valence-corrected chi connectivity index (χ3v) is 2.79. The Morgan fingerprint density at radius 1 is 1.56 bits per heavy atom. The van der Waals surface area contributed by atoms with Crippen molar-refractivity contribution in [1.82, 2.24) is 9.97 Å². The van der Waals surface area contributed by atoms with Crippen LogP contribution in [0.5, 0.6) is 0 Å². The first-order valence-electron chi connectivity index (χ1n) is 4.67. The Labute approximate surface area is 104 Å². The number of hydrogen-bond acceptors (Lipinski definition) is 5. The molecule has 1 aromatic heterocycles. The summed E-state index contributed by atoms with van der Waals surface area (Å²) in [6, 6.07) is 0.354. The second-order valence-electron chi connectivity index (χ2n) is 3.22. The van der Waals surface area contributed by atoms with E-state index in [2.05, 4.69) is 14.7 Å². The Morgan fingerprint density at radius 3 is 2.67 bits per heavy atom. The number of carbonyl (C=O) groups excluding carboxylic acids is 1. The number of H-pyrrole nitrogens is 1. The lowest BCUT2D eigenvalue weighted by atomic mass is 10.4. The van der Waals surface area contributed by atoms with E-state index in [9.17, 15) is 22.8 Å². The molecule has 0 aromatic carbocycles. The maximum atomic E-state index is 12.4. The molecular weight excluding hydrogens is 273 g/mol. The Hall–Kier alpha value is -1.51. The number of halogens is 3. The molecule has 0 radical (unpaired) electrons. The van der Waals surface area contributed by atoms with E-state index in [1.165, 1.54) is 6.92 Å². The van der Waals surface area contributed by atoms with Crippen LogP contribution in [0.25, 0.3) is 0 Å². The van der Waals surface area contributed by atoms with Gasteiger partial charge in [-0.15, -0.1) is 0 Å². The van der Waals surface area contributed by atoms with Crippen molar-refractivity contribution in [3.05, 3.63) is 22.1 Å². The summed E-state index contributed by atoms with van der Waals surface area (Å²) in [6.45, 7) is 1.43. The molecule has 0 bridgehead atoms. The third-order valence-electron chi connectivity index (χ3n) is 1.83. The largest absolute Gasteiger partial charge is 0.468 e. The molecule has 1 aromatic rings. The zero-order valence-electron chi connectivity index (χ0n) is 9.37. The van der Waals surface area contributed by atoms with E-state index < -0.39 is 28.6 Å². The molecule has 0 saturated carbocycles. The minimum absolute atomic E-state index is 0.285. The van der Waals surface area contributed by atoms with E-state index in [4.69, 9.17) is 0 Å². The van der Waals surface area contributed by atoms with Gasteiger partial charge in [-0.25, -0.2) is 4.98 Å². The monoisotopic (exact) mass is 282 g/mol. The van der Waals surface area contributed by atoms with Crippen LogP contribution in [0.1, 0.15) is 12.6 Å². The second-order valence-corrected chi connectivity index (χ2v) is 4.55. The number of aromatic amines is 1. The molecule has 9 heteroatoms. The summed E-state index contributed by atoms with van der Waals surface area (Å²) < 4.78 is 41.6. The number of nitrogens with one attached hydrogen (secondary N) is 1. The Bertz CT molecular complexity index is 501. The molecular formula is C9H9F3N2O3S. The van der Waals surface area contributed by atoms with Crippen LogP contribution in [0.4, 0.5) is 13.2 Å². The number of nitrogens with zero attached hydrogens (tertiary/aromatic N) is 1. The molecule has 1 rings (SSSR count). The van der Waals surface area contributed by atoms with Crippen molar-refractivity contribution in [2.45, 2.75) is 23.5 Å². The molecule has 1 atom stereocenters. The number of methoxy groups -OCH3 is 1. The van der Waals surface area contributed by atoms with E-state index in [-0.39, 0.29) is 5.16 Å². The van der Waals surface area contributed by atoms with E-state index in [0.29, 0.717) is 17.8 Å². The first-order valence-corrected chi connectivity index (χ1v) is 5.55. The SMILES string of the molecule is COC(=O)C(C)Sc1nc(C(F)(F)F)cc(=O)[nH]1. The number of carbonyl (C=O) groups is 1. The summed E-state index contributed by atoms with van der Waals surface area (Å²) in [4.78, 5) is 27.5. The standard InChI is InChI=1S/C9H9F3N2O3S/c1-4(7(16)17-2)18-8-13-5(9(10,11)12)3-6(15)14-8/h3-4H,1-2H3,(H,13,14,15). The van der Waals surface area contributed by atoms with Gasteiger partial charge in [0.1, 0.15) is 5.25 Å². The van der Waals surface area contributed by atoms with Crippen molar-refractivity contribution in [2.24, 2.45) is 0 Å². The van der Waals surface area contributed by atoms with Gasteiger partial charge < -0.3 is 9.72 Å². The number of hydrogen-bond donors (Lipinski definition) is 1. The van der Waals surface area contributed by atoms with E-state index in [0.717, 1.165) is 7.11 Å². The molecule has 18 heavy (non-hydrogen) atoms. The normalized spacial score (nSPS) is 13.2. The van der Waals surface area contributed by atoms with Gasteiger partial charge in [-0.2, -0.15) is 13.2 Å². The average Bonchev–Trinajstić information content (AvgIpc) is 2.25. The van der Waals surface area contributed by atoms with E-state index >= 15 is 0 Å². The molecule has 0 saturated heterocycles. The predicted octanol–water partition coefficient (Wildman–Crippen LogP) is 1.44. The fourth-order valence-electron chi connectivity index (χ4n) is 1.02. The zero-order chi connectivity index (χ0) is 13.9. The Morgan fingerprint density at radius 2 is 2.17 bits per heavy atom. The first-order chi connectivity index (χ1) is 8.24. The van der Waals surface area contributed by atoms with E-state index in [1.54, 1.807) is 0 Å².